The second kappa shape index (κ2) is 7.08. The molecule has 0 aromatic heterocycles. The Hall–Kier alpha value is -1.80. The molecule has 2 nitrogen and oxygen atoms in total. The number of piperidine rings is 1. The van der Waals surface area contributed by atoms with E-state index in [0.29, 0.717) is 6.04 Å². The molecule has 2 aliphatic rings. The van der Waals surface area contributed by atoms with E-state index in [-0.39, 0.29) is 0 Å². The van der Waals surface area contributed by atoms with Crippen LogP contribution >= 0.6 is 0 Å². The quantitative estimate of drug-likeness (QED) is 0.785. The highest BCUT2D eigenvalue weighted by Crippen LogP contribution is 2.38. The van der Waals surface area contributed by atoms with E-state index in [1.807, 2.05) is 0 Å². The van der Waals surface area contributed by atoms with Crippen LogP contribution in [0.1, 0.15) is 64.6 Å². The first-order valence-electron chi connectivity index (χ1n) is 10.2. The van der Waals surface area contributed by atoms with E-state index in [2.05, 4.69) is 68.4 Å². The average Bonchev–Trinajstić information content (AvgIpc) is 3.00. The Balaban J connectivity index is 1.52. The minimum absolute atomic E-state index is 0.457. The lowest BCUT2D eigenvalue weighted by Gasteiger charge is -2.29. The number of nitrogens with zero attached hydrogens (tertiary/aromatic N) is 1. The number of nitrogens with one attached hydrogen (secondary N) is 1. The molecule has 1 fully saturated rings. The molecule has 1 saturated heterocycles. The normalized spacial score (nSPS) is 21.0. The Kier molecular flexibility index (Phi) is 4.79. The second-order valence-corrected chi connectivity index (χ2v) is 8.54. The van der Waals surface area contributed by atoms with Gasteiger partial charge in [-0.15, -0.1) is 0 Å². The summed E-state index contributed by atoms with van der Waals surface area (Å²) in [5, 5.41) is 3.85. The summed E-state index contributed by atoms with van der Waals surface area (Å²) < 4.78 is 0. The van der Waals surface area contributed by atoms with Crippen molar-refractivity contribution in [1.82, 2.24) is 4.90 Å². The van der Waals surface area contributed by atoms with Crippen molar-refractivity contribution < 1.29 is 0 Å². The second-order valence-electron chi connectivity index (χ2n) is 8.54. The van der Waals surface area contributed by atoms with Gasteiger partial charge < -0.3 is 10.2 Å². The minimum Gasteiger partial charge on any atom is -0.378 e. The molecular formula is C24H32N2. The standard InChI is InChI=1S/C24H32N2/c1-16-13-18(3)24-21(14-16)6-8-23(24)25-22-7-5-20(15-17(22)2)19-9-11-26(4)12-10-19/h5,7,13-15,19,23,25H,6,8-12H2,1-4H3. The lowest BCUT2D eigenvalue weighted by Crippen LogP contribution is -2.29. The number of aryl methyl sites for hydroxylation is 4. The molecule has 0 amide bonds. The van der Waals surface area contributed by atoms with Crippen LogP contribution in [-0.4, -0.2) is 25.0 Å². The highest BCUT2D eigenvalue weighted by atomic mass is 15.1. The van der Waals surface area contributed by atoms with Crippen LogP contribution in [0, 0.1) is 20.8 Å². The Morgan fingerprint density at radius 2 is 1.69 bits per heavy atom. The largest absolute Gasteiger partial charge is 0.378 e. The molecule has 1 atom stereocenters. The van der Waals surface area contributed by atoms with E-state index in [0.717, 1.165) is 5.92 Å². The summed E-state index contributed by atoms with van der Waals surface area (Å²) in [7, 11) is 2.23. The van der Waals surface area contributed by atoms with Gasteiger partial charge in [0, 0.05) is 5.69 Å². The number of hydrogen-bond acceptors (Lipinski definition) is 2. The van der Waals surface area contributed by atoms with Crippen LogP contribution in [0.4, 0.5) is 5.69 Å². The topological polar surface area (TPSA) is 15.3 Å². The molecule has 0 spiro atoms. The zero-order valence-corrected chi connectivity index (χ0v) is 16.7. The monoisotopic (exact) mass is 348 g/mol. The van der Waals surface area contributed by atoms with Crippen LogP contribution in [0.3, 0.4) is 0 Å². The van der Waals surface area contributed by atoms with Gasteiger partial charge in [-0.25, -0.2) is 0 Å². The van der Waals surface area contributed by atoms with E-state index in [1.165, 1.54) is 72.3 Å². The maximum atomic E-state index is 3.85. The summed E-state index contributed by atoms with van der Waals surface area (Å²) in [5.41, 5.74) is 10.1. The van der Waals surface area contributed by atoms with Crippen LogP contribution in [-0.2, 0) is 6.42 Å². The number of likely N-dealkylation sites (tertiary alicyclic amines) is 1. The molecule has 4 rings (SSSR count). The van der Waals surface area contributed by atoms with Gasteiger partial charge in [-0.2, -0.15) is 0 Å². The molecule has 2 heteroatoms. The first kappa shape index (κ1) is 17.6. The first-order valence-corrected chi connectivity index (χ1v) is 10.2. The molecule has 1 unspecified atom stereocenters. The third kappa shape index (κ3) is 3.40. The smallest absolute Gasteiger partial charge is 0.0522 e. The molecule has 26 heavy (non-hydrogen) atoms. The molecule has 1 aliphatic heterocycles. The highest BCUT2D eigenvalue weighted by molar-refractivity contribution is 5.56. The van der Waals surface area contributed by atoms with E-state index >= 15 is 0 Å². The number of benzene rings is 2. The lowest BCUT2D eigenvalue weighted by molar-refractivity contribution is 0.255. The summed E-state index contributed by atoms with van der Waals surface area (Å²) in [6, 6.07) is 12.3. The van der Waals surface area contributed by atoms with Crippen molar-refractivity contribution in [2.75, 3.05) is 25.5 Å². The third-order valence-electron chi connectivity index (χ3n) is 6.44. The van der Waals surface area contributed by atoms with Gasteiger partial charge in [-0.1, -0.05) is 29.8 Å². The van der Waals surface area contributed by atoms with Crippen LogP contribution < -0.4 is 5.32 Å². The molecule has 0 bridgehead atoms. The summed E-state index contributed by atoms with van der Waals surface area (Å²) in [5.74, 6) is 0.733. The molecule has 138 valence electrons. The van der Waals surface area contributed by atoms with Gasteiger partial charge in [0.25, 0.3) is 0 Å². The highest BCUT2D eigenvalue weighted by Gasteiger charge is 2.25. The van der Waals surface area contributed by atoms with E-state index in [1.54, 1.807) is 5.56 Å². The van der Waals surface area contributed by atoms with E-state index < -0.39 is 0 Å². The maximum absolute atomic E-state index is 3.85. The van der Waals surface area contributed by atoms with Crippen molar-refractivity contribution in [3.8, 4) is 0 Å². The number of fused-ring (bicyclic) bond motifs is 1. The van der Waals surface area contributed by atoms with Crippen molar-refractivity contribution in [3.63, 3.8) is 0 Å². The van der Waals surface area contributed by atoms with Crippen molar-refractivity contribution in [1.29, 1.82) is 0 Å². The SMILES string of the molecule is Cc1cc(C)c2c(c1)CCC2Nc1ccc(C2CCN(C)CC2)cc1C. The van der Waals surface area contributed by atoms with E-state index in [9.17, 15) is 0 Å². The number of rotatable bonds is 3. The van der Waals surface area contributed by atoms with Gasteiger partial charge in [-0.05, 0) is 106 Å². The van der Waals surface area contributed by atoms with Gasteiger partial charge in [0.2, 0.25) is 0 Å². The van der Waals surface area contributed by atoms with Gasteiger partial charge in [0.15, 0.2) is 0 Å². The zero-order valence-electron chi connectivity index (χ0n) is 16.7. The van der Waals surface area contributed by atoms with Gasteiger partial charge in [0.05, 0.1) is 6.04 Å². The Labute approximate surface area is 158 Å². The molecule has 0 radical (unpaired) electrons. The van der Waals surface area contributed by atoms with Crippen LogP contribution in [0.25, 0.3) is 0 Å². The minimum atomic E-state index is 0.457. The fourth-order valence-corrected chi connectivity index (χ4v) is 4.99. The molecule has 1 heterocycles. The Morgan fingerprint density at radius 3 is 2.42 bits per heavy atom. The molecule has 1 N–H and O–H groups in total. The van der Waals surface area contributed by atoms with Gasteiger partial charge >= 0.3 is 0 Å². The molecule has 1 aliphatic carbocycles. The molecular weight excluding hydrogens is 316 g/mol. The predicted molar refractivity (Wildman–Crippen MR) is 111 cm³/mol. The third-order valence-corrected chi connectivity index (χ3v) is 6.44. The van der Waals surface area contributed by atoms with E-state index in [4.69, 9.17) is 0 Å². The van der Waals surface area contributed by atoms with Gasteiger partial charge in [-0.3, -0.25) is 0 Å². The van der Waals surface area contributed by atoms with Crippen LogP contribution in [0.15, 0.2) is 30.3 Å². The summed E-state index contributed by atoms with van der Waals surface area (Å²) in [4.78, 5) is 2.45. The summed E-state index contributed by atoms with van der Waals surface area (Å²) in [6.45, 7) is 9.18. The average molecular weight is 349 g/mol. The predicted octanol–water partition coefficient (Wildman–Crippen LogP) is 5.52. The van der Waals surface area contributed by atoms with Crippen molar-refractivity contribution in [2.24, 2.45) is 0 Å². The van der Waals surface area contributed by atoms with Crippen molar-refractivity contribution in [3.05, 3.63) is 63.7 Å². The molecule has 2 aromatic rings. The van der Waals surface area contributed by atoms with Crippen LogP contribution in [0.5, 0.6) is 0 Å². The number of anilines is 1. The molecule has 0 saturated carbocycles. The Bertz CT molecular complexity index is 800. The Morgan fingerprint density at radius 1 is 0.923 bits per heavy atom. The van der Waals surface area contributed by atoms with Gasteiger partial charge in [0.1, 0.15) is 0 Å². The van der Waals surface area contributed by atoms with Crippen molar-refractivity contribution >= 4 is 5.69 Å². The fourth-order valence-electron chi connectivity index (χ4n) is 4.99. The zero-order chi connectivity index (χ0) is 18.3. The fraction of sp³-hybridized carbons (Fsp3) is 0.500. The van der Waals surface area contributed by atoms with Crippen molar-refractivity contribution in [2.45, 2.75) is 58.4 Å². The molecule has 2 aromatic carbocycles. The lowest BCUT2D eigenvalue weighted by atomic mass is 9.88. The maximum Gasteiger partial charge on any atom is 0.0522 e. The first-order chi connectivity index (χ1) is 12.5. The number of hydrogen-bond donors (Lipinski definition) is 1. The summed E-state index contributed by atoms with van der Waals surface area (Å²) in [6.07, 6.45) is 4.98. The van der Waals surface area contributed by atoms with Crippen LogP contribution in [0.2, 0.25) is 0 Å². The summed E-state index contributed by atoms with van der Waals surface area (Å²) >= 11 is 0.